The van der Waals surface area contributed by atoms with E-state index in [1.165, 1.54) is 0 Å². The van der Waals surface area contributed by atoms with Gasteiger partial charge in [-0.1, -0.05) is 23.7 Å². The third-order valence-electron chi connectivity index (χ3n) is 4.00. The molecule has 0 unspecified atom stereocenters. The van der Waals surface area contributed by atoms with Crippen LogP contribution in [0.4, 0.5) is 17.2 Å². The van der Waals surface area contributed by atoms with Gasteiger partial charge in [-0.2, -0.15) is 0 Å². The first-order chi connectivity index (χ1) is 13.6. The van der Waals surface area contributed by atoms with Gasteiger partial charge in [-0.25, -0.2) is 4.98 Å². The molecule has 0 saturated heterocycles. The second-order valence-electron chi connectivity index (χ2n) is 5.97. The molecular formula is C21H20ClN3O3. The molecule has 0 atom stereocenters. The SMILES string of the molecule is COc1ccc(Nc2ccc(NC(=O)Cc3ccc(Cl)cc3)nc2)c(OC)c1. The van der Waals surface area contributed by atoms with E-state index in [0.29, 0.717) is 22.3 Å². The van der Waals surface area contributed by atoms with Gasteiger partial charge in [0.05, 0.1) is 38.2 Å². The van der Waals surface area contributed by atoms with Crippen molar-refractivity contribution in [2.75, 3.05) is 24.9 Å². The zero-order valence-electron chi connectivity index (χ0n) is 15.5. The number of rotatable bonds is 7. The van der Waals surface area contributed by atoms with Crippen molar-refractivity contribution < 1.29 is 14.3 Å². The first-order valence-electron chi connectivity index (χ1n) is 8.57. The van der Waals surface area contributed by atoms with Crippen molar-refractivity contribution in [3.8, 4) is 11.5 Å². The van der Waals surface area contributed by atoms with Gasteiger partial charge in [-0.3, -0.25) is 4.79 Å². The Kier molecular flexibility index (Phi) is 6.34. The largest absolute Gasteiger partial charge is 0.497 e. The Hall–Kier alpha value is -3.25. The van der Waals surface area contributed by atoms with Crippen LogP contribution < -0.4 is 20.1 Å². The number of aromatic nitrogens is 1. The summed E-state index contributed by atoms with van der Waals surface area (Å²) < 4.78 is 10.6. The Bertz CT molecular complexity index is 944. The highest BCUT2D eigenvalue weighted by atomic mass is 35.5. The lowest BCUT2D eigenvalue weighted by Gasteiger charge is -2.12. The molecule has 0 aliphatic heterocycles. The summed E-state index contributed by atoms with van der Waals surface area (Å²) in [5.41, 5.74) is 2.43. The predicted octanol–water partition coefficient (Wildman–Crippen LogP) is 4.68. The number of amides is 1. The Morgan fingerprint density at radius 2 is 1.82 bits per heavy atom. The van der Waals surface area contributed by atoms with Crippen LogP contribution in [0.15, 0.2) is 60.8 Å². The standard InChI is InChI=1S/C21H20ClN3O3/c1-27-17-8-9-18(19(12-17)28-2)24-16-7-10-20(23-13-16)25-21(26)11-14-3-5-15(22)6-4-14/h3-10,12-13,24H,11H2,1-2H3,(H,23,25,26). The number of halogens is 1. The van der Waals surface area contributed by atoms with E-state index in [0.717, 1.165) is 16.9 Å². The number of carbonyl (C=O) groups excluding carboxylic acids is 1. The normalized spacial score (nSPS) is 10.2. The minimum Gasteiger partial charge on any atom is -0.497 e. The molecule has 144 valence electrons. The lowest BCUT2D eigenvalue weighted by atomic mass is 10.1. The number of hydrogen-bond acceptors (Lipinski definition) is 5. The van der Waals surface area contributed by atoms with E-state index < -0.39 is 0 Å². The number of carbonyl (C=O) groups is 1. The molecule has 1 heterocycles. The Labute approximate surface area is 168 Å². The predicted molar refractivity (Wildman–Crippen MR) is 111 cm³/mol. The van der Waals surface area contributed by atoms with Crippen molar-refractivity contribution in [3.05, 3.63) is 71.4 Å². The molecule has 1 aromatic heterocycles. The van der Waals surface area contributed by atoms with Crippen LogP contribution in [0.1, 0.15) is 5.56 Å². The van der Waals surface area contributed by atoms with Gasteiger partial charge in [0.15, 0.2) is 0 Å². The summed E-state index contributed by atoms with van der Waals surface area (Å²) in [5.74, 6) is 1.69. The monoisotopic (exact) mass is 397 g/mol. The van der Waals surface area contributed by atoms with E-state index >= 15 is 0 Å². The van der Waals surface area contributed by atoms with Crippen LogP contribution in [-0.4, -0.2) is 25.1 Å². The molecule has 0 aliphatic carbocycles. The third kappa shape index (κ3) is 5.14. The van der Waals surface area contributed by atoms with Crippen LogP contribution in [0.2, 0.25) is 5.02 Å². The average molecular weight is 398 g/mol. The summed E-state index contributed by atoms with van der Waals surface area (Å²) >= 11 is 5.85. The number of nitrogens with zero attached hydrogens (tertiary/aromatic N) is 1. The van der Waals surface area contributed by atoms with Crippen molar-refractivity contribution >= 4 is 34.7 Å². The van der Waals surface area contributed by atoms with Crippen molar-refractivity contribution in [1.29, 1.82) is 0 Å². The van der Waals surface area contributed by atoms with Gasteiger partial charge >= 0.3 is 0 Å². The number of methoxy groups -OCH3 is 2. The fraction of sp³-hybridized carbons (Fsp3) is 0.143. The lowest BCUT2D eigenvalue weighted by molar-refractivity contribution is -0.115. The molecule has 0 saturated carbocycles. The molecular weight excluding hydrogens is 378 g/mol. The van der Waals surface area contributed by atoms with Crippen molar-refractivity contribution in [1.82, 2.24) is 4.98 Å². The summed E-state index contributed by atoms with van der Waals surface area (Å²) in [4.78, 5) is 16.4. The molecule has 28 heavy (non-hydrogen) atoms. The lowest BCUT2D eigenvalue weighted by Crippen LogP contribution is -2.15. The number of anilines is 3. The van der Waals surface area contributed by atoms with Crippen LogP contribution in [0.3, 0.4) is 0 Å². The minimum atomic E-state index is -0.146. The van der Waals surface area contributed by atoms with Crippen LogP contribution in [0.25, 0.3) is 0 Å². The maximum atomic E-state index is 12.2. The summed E-state index contributed by atoms with van der Waals surface area (Å²) in [5, 5.41) is 6.65. The summed E-state index contributed by atoms with van der Waals surface area (Å²) in [7, 11) is 3.20. The molecule has 2 N–H and O–H groups in total. The summed E-state index contributed by atoms with van der Waals surface area (Å²) in [6.45, 7) is 0. The molecule has 0 bridgehead atoms. The molecule has 0 radical (unpaired) electrons. The van der Waals surface area contributed by atoms with Gasteiger partial charge in [0.2, 0.25) is 5.91 Å². The molecule has 0 fully saturated rings. The van der Waals surface area contributed by atoms with Crippen LogP contribution in [0, 0.1) is 0 Å². The molecule has 7 heteroatoms. The van der Waals surface area contributed by atoms with Crippen molar-refractivity contribution in [3.63, 3.8) is 0 Å². The quantitative estimate of drug-likeness (QED) is 0.605. The maximum absolute atomic E-state index is 12.2. The second kappa shape index (κ2) is 9.10. The molecule has 0 aliphatic rings. The topological polar surface area (TPSA) is 72.5 Å². The molecule has 0 spiro atoms. The summed E-state index contributed by atoms with van der Waals surface area (Å²) in [6, 6.07) is 16.2. The van der Waals surface area contributed by atoms with E-state index in [2.05, 4.69) is 15.6 Å². The van der Waals surface area contributed by atoms with Gasteiger partial charge in [-0.05, 0) is 42.0 Å². The van der Waals surface area contributed by atoms with Gasteiger partial charge < -0.3 is 20.1 Å². The van der Waals surface area contributed by atoms with E-state index in [1.54, 1.807) is 44.7 Å². The van der Waals surface area contributed by atoms with Crippen LogP contribution in [0.5, 0.6) is 11.5 Å². The molecule has 1 amide bonds. The molecule has 2 aromatic carbocycles. The number of ether oxygens (including phenoxy) is 2. The Morgan fingerprint density at radius 3 is 2.46 bits per heavy atom. The van der Waals surface area contributed by atoms with E-state index in [9.17, 15) is 4.79 Å². The zero-order chi connectivity index (χ0) is 19.9. The first-order valence-corrected chi connectivity index (χ1v) is 8.94. The number of pyridine rings is 1. The maximum Gasteiger partial charge on any atom is 0.229 e. The Balaban J connectivity index is 1.62. The van der Waals surface area contributed by atoms with Gasteiger partial charge in [0, 0.05) is 11.1 Å². The fourth-order valence-electron chi connectivity index (χ4n) is 2.57. The van der Waals surface area contributed by atoms with Crippen molar-refractivity contribution in [2.45, 2.75) is 6.42 Å². The third-order valence-corrected chi connectivity index (χ3v) is 4.25. The van der Waals surface area contributed by atoms with Gasteiger partial charge in [0.25, 0.3) is 0 Å². The molecule has 3 aromatic rings. The molecule has 3 rings (SSSR count). The zero-order valence-corrected chi connectivity index (χ0v) is 16.3. The Morgan fingerprint density at radius 1 is 1.04 bits per heavy atom. The smallest absolute Gasteiger partial charge is 0.229 e. The molecule has 6 nitrogen and oxygen atoms in total. The van der Waals surface area contributed by atoms with Gasteiger partial charge in [0.1, 0.15) is 17.3 Å². The number of hydrogen-bond donors (Lipinski definition) is 2. The number of benzene rings is 2. The van der Waals surface area contributed by atoms with Crippen LogP contribution in [-0.2, 0) is 11.2 Å². The highest BCUT2D eigenvalue weighted by Gasteiger charge is 2.08. The van der Waals surface area contributed by atoms with Crippen LogP contribution >= 0.6 is 11.6 Å². The second-order valence-corrected chi connectivity index (χ2v) is 6.41. The van der Waals surface area contributed by atoms with Gasteiger partial charge in [-0.15, -0.1) is 0 Å². The fourth-order valence-corrected chi connectivity index (χ4v) is 2.70. The number of nitrogens with one attached hydrogen (secondary N) is 2. The highest BCUT2D eigenvalue weighted by Crippen LogP contribution is 2.31. The average Bonchev–Trinajstić information content (AvgIpc) is 2.71. The van der Waals surface area contributed by atoms with E-state index in [1.807, 2.05) is 30.3 Å². The highest BCUT2D eigenvalue weighted by molar-refractivity contribution is 6.30. The minimum absolute atomic E-state index is 0.146. The first kappa shape index (κ1) is 19.5. The summed E-state index contributed by atoms with van der Waals surface area (Å²) in [6.07, 6.45) is 1.89. The van der Waals surface area contributed by atoms with Crippen molar-refractivity contribution in [2.24, 2.45) is 0 Å². The van der Waals surface area contributed by atoms with E-state index in [-0.39, 0.29) is 12.3 Å². The van der Waals surface area contributed by atoms with E-state index in [4.69, 9.17) is 21.1 Å².